The first-order chi connectivity index (χ1) is 11.9. The first kappa shape index (κ1) is 17.1. The van der Waals surface area contributed by atoms with E-state index in [1.165, 1.54) is 30.6 Å². The van der Waals surface area contributed by atoms with Gasteiger partial charge in [-0.15, -0.1) is 11.3 Å². The number of methoxy groups -OCH3 is 1. The van der Waals surface area contributed by atoms with Gasteiger partial charge in [0.1, 0.15) is 21.3 Å². The van der Waals surface area contributed by atoms with Crippen molar-refractivity contribution in [3.8, 4) is 5.75 Å². The highest BCUT2D eigenvalue weighted by atomic mass is 32.1. The third-order valence-corrected chi connectivity index (χ3v) is 4.91. The maximum atomic E-state index is 13.5. The average Bonchev–Trinajstić information content (AvgIpc) is 2.91. The van der Waals surface area contributed by atoms with Gasteiger partial charge < -0.3 is 15.2 Å². The van der Waals surface area contributed by atoms with E-state index >= 15 is 0 Å². The molecule has 0 saturated carbocycles. The molecule has 0 radical (unpaired) electrons. The minimum absolute atomic E-state index is 0.311. The van der Waals surface area contributed by atoms with E-state index in [4.69, 9.17) is 4.74 Å². The predicted octanol–water partition coefficient (Wildman–Crippen LogP) is 3.55. The van der Waals surface area contributed by atoms with Crippen LogP contribution in [-0.4, -0.2) is 28.2 Å². The summed E-state index contributed by atoms with van der Waals surface area (Å²) in [6.45, 7) is 3.89. The molecule has 0 aliphatic heterocycles. The van der Waals surface area contributed by atoms with Gasteiger partial charge in [0.15, 0.2) is 11.6 Å². The highest BCUT2D eigenvalue weighted by Crippen LogP contribution is 2.34. The Kier molecular flexibility index (Phi) is 4.54. The smallest absolute Gasteiger partial charge is 0.348 e. The Balaban J connectivity index is 1.98. The van der Waals surface area contributed by atoms with Crippen molar-refractivity contribution in [2.24, 2.45) is 0 Å². The molecule has 0 unspecified atom stereocenters. The quantitative estimate of drug-likeness (QED) is 0.692. The van der Waals surface area contributed by atoms with Crippen molar-refractivity contribution in [1.29, 1.82) is 0 Å². The number of anilines is 1. The molecule has 3 aromatic rings. The fraction of sp³-hybridized carbons (Fsp3) is 0.235. The maximum Gasteiger partial charge on any atom is 0.348 e. The van der Waals surface area contributed by atoms with Gasteiger partial charge in [0, 0.05) is 6.54 Å². The minimum atomic E-state index is -0.678. The SMILES string of the molecule is COC(=O)c1sc2nc(C)nc(NCc3ccc(O)c(F)c3)c2c1C. The summed E-state index contributed by atoms with van der Waals surface area (Å²) >= 11 is 1.25. The van der Waals surface area contributed by atoms with Crippen molar-refractivity contribution in [2.75, 3.05) is 12.4 Å². The molecular formula is C17H16FN3O3S. The van der Waals surface area contributed by atoms with Gasteiger partial charge in [-0.1, -0.05) is 6.07 Å². The lowest BCUT2D eigenvalue weighted by atomic mass is 10.2. The molecule has 2 heterocycles. The van der Waals surface area contributed by atoms with Crippen LogP contribution in [0.1, 0.15) is 26.6 Å². The molecule has 0 aliphatic carbocycles. The van der Waals surface area contributed by atoms with E-state index in [9.17, 15) is 14.3 Å². The largest absolute Gasteiger partial charge is 0.505 e. The first-order valence-electron chi connectivity index (χ1n) is 7.48. The Labute approximate surface area is 147 Å². The molecule has 2 aromatic heterocycles. The number of aryl methyl sites for hydroxylation is 2. The van der Waals surface area contributed by atoms with E-state index in [0.29, 0.717) is 33.5 Å². The van der Waals surface area contributed by atoms with Gasteiger partial charge >= 0.3 is 5.97 Å². The fourth-order valence-corrected chi connectivity index (χ4v) is 3.65. The van der Waals surface area contributed by atoms with Gasteiger partial charge in [0.25, 0.3) is 0 Å². The first-order valence-corrected chi connectivity index (χ1v) is 8.29. The monoisotopic (exact) mass is 361 g/mol. The Morgan fingerprint density at radius 1 is 1.36 bits per heavy atom. The number of fused-ring (bicyclic) bond motifs is 1. The number of thiophene rings is 1. The molecule has 1 aromatic carbocycles. The van der Waals surface area contributed by atoms with Crippen molar-refractivity contribution in [1.82, 2.24) is 9.97 Å². The molecule has 0 bridgehead atoms. The summed E-state index contributed by atoms with van der Waals surface area (Å²) < 4.78 is 18.3. The Morgan fingerprint density at radius 3 is 2.80 bits per heavy atom. The van der Waals surface area contributed by atoms with Crippen LogP contribution in [0.3, 0.4) is 0 Å². The summed E-state index contributed by atoms with van der Waals surface area (Å²) in [6, 6.07) is 4.18. The number of aromatic nitrogens is 2. The van der Waals surface area contributed by atoms with Gasteiger partial charge in [0.05, 0.1) is 12.5 Å². The molecule has 3 rings (SSSR count). The molecule has 8 heteroatoms. The number of nitrogens with one attached hydrogen (secondary N) is 1. The molecule has 0 spiro atoms. The lowest BCUT2D eigenvalue weighted by Gasteiger charge is -2.09. The summed E-state index contributed by atoms with van der Waals surface area (Å²) in [5, 5.41) is 13.2. The van der Waals surface area contributed by atoms with Crippen LogP contribution in [0.15, 0.2) is 18.2 Å². The van der Waals surface area contributed by atoms with Crippen LogP contribution in [0, 0.1) is 19.7 Å². The number of carbonyl (C=O) groups excluding carboxylic acids is 1. The van der Waals surface area contributed by atoms with Gasteiger partial charge in [-0.25, -0.2) is 19.2 Å². The van der Waals surface area contributed by atoms with Crippen molar-refractivity contribution in [3.63, 3.8) is 0 Å². The maximum absolute atomic E-state index is 13.5. The lowest BCUT2D eigenvalue weighted by molar-refractivity contribution is 0.0605. The van der Waals surface area contributed by atoms with Gasteiger partial charge in [-0.2, -0.15) is 0 Å². The van der Waals surface area contributed by atoms with Crippen molar-refractivity contribution < 1.29 is 19.0 Å². The number of halogens is 1. The van der Waals surface area contributed by atoms with Gasteiger partial charge in [0.2, 0.25) is 0 Å². The summed E-state index contributed by atoms with van der Waals surface area (Å²) in [4.78, 5) is 21.9. The zero-order valence-corrected chi connectivity index (χ0v) is 14.7. The zero-order chi connectivity index (χ0) is 18.1. The van der Waals surface area contributed by atoms with Crippen molar-refractivity contribution >= 4 is 33.3 Å². The van der Waals surface area contributed by atoms with Crippen LogP contribution < -0.4 is 5.32 Å². The van der Waals surface area contributed by atoms with E-state index in [1.807, 2.05) is 6.92 Å². The van der Waals surface area contributed by atoms with Gasteiger partial charge in [-0.3, -0.25) is 0 Å². The molecule has 0 saturated heterocycles. The molecule has 6 nitrogen and oxygen atoms in total. The average molecular weight is 361 g/mol. The molecule has 25 heavy (non-hydrogen) atoms. The summed E-state index contributed by atoms with van der Waals surface area (Å²) in [6.07, 6.45) is 0. The summed E-state index contributed by atoms with van der Waals surface area (Å²) in [5.74, 6) is -0.349. The molecule has 2 N–H and O–H groups in total. The van der Waals surface area contributed by atoms with E-state index in [1.54, 1.807) is 13.0 Å². The predicted molar refractivity (Wildman–Crippen MR) is 93.6 cm³/mol. The number of phenols is 1. The topological polar surface area (TPSA) is 84.3 Å². The van der Waals surface area contributed by atoms with E-state index in [0.717, 1.165) is 10.9 Å². The van der Waals surface area contributed by atoms with Crippen molar-refractivity contribution in [3.05, 3.63) is 45.8 Å². The Morgan fingerprint density at radius 2 is 2.12 bits per heavy atom. The normalized spacial score (nSPS) is 10.9. The standard InChI is InChI=1S/C17H16FN3O3S/c1-8-13-15(19-7-10-4-5-12(22)11(18)6-10)20-9(2)21-16(13)25-14(8)17(23)24-3/h4-6,22H,7H2,1-3H3,(H,19,20,21). The van der Waals surface area contributed by atoms with Crippen LogP contribution in [0.25, 0.3) is 10.2 Å². The number of hydrogen-bond acceptors (Lipinski definition) is 7. The summed E-state index contributed by atoms with van der Waals surface area (Å²) in [7, 11) is 1.33. The number of ether oxygens (including phenoxy) is 1. The second kappa shape index (κ2) is 6.64. The molecule has 0 aliphatic rings. The Hall–Kier alpha value is -2.74. The number of esters is 1. The third-order valence-electron chi connectivity index (χ3n) is 3.74. The zero-order valence-electron chi connectivity index (χ0n) is 13.9. The Bertz CT molecular complexity index is 971. The second-order valence-corrected chi connectivity index (χ2v) is 6.49. The number of nitrogens with zero attached hydrogens (tertiary/aromatic N) is 2. The minimum Gasteiger partial charge on any atom is -0.505 e. The highest BCUT2D eigenvalue weighted by molar-refractivity contribution is 7.20. The second-order valence-electron chi connectivity index (χ2n) is 5.49. The number of hydrogen-bond donors (Lipinski definition) is 2. The highest BCUT2D eigenvalue weighted by Gasteiger charge is 2.20. The number of aromatic hydroxyl groups is 1. The van der Waals surface area contributed by atoms with E-state index < -0.39 is 11.8 Å². The van der Waals surface area contributed by atoms with Crippen LogP contribution >= 0.6 is 11.3 Å². The van der Waals surface area contributed by atoms with Gasteiger partial charge in [-0.05, 0) is 37.1 Å². The number of benzene rings is 1. The summed E-state index contributed by atoms with van der Waals surface area (Å²) in [5.41, 5.74) is 1.40. The fourth-order valence-electron chi connectivity index (χ4n) is 2.51. The van der Waals surface area contributed by atoms with Crippen LogP contribution in [0.4, 0.5) is 10.2 Å². The lowest BCUT2D eigenvalue weighted by Crippen LogP contribution is -2.05. The van der Waals surface area contributed by atoms with Crippen molar-refractivity contribution in [2.45, 2.75) is 20.4 Å². The number of carbonyl (C=O) groups is 1. The van der Waals surface area contributed by atoms with E-state index in [-0.39, 0.29) is 5.75 Å². The van der Waals surface area contributed by atoms with Crippen LogP contribution in [-0.2, 0) is 11.3 Å². The van der Waals surface area contributed by atoms with Crippen LogP contribution in [0.5, 0.6) is 5.75 Å². The molecule has 0 amide bonds. The number of phenolic OH excluding ortho intramolecular Hbond substituents is 1. The number of rotatable bonds is 4. The van der Waals surface area contributed by atoms with Crippen LogP contribution in [0.2, 0.25) is 0 Å². The molecule has 130 valence electrons. The molecule has 0 atom stereocenters. The molecule has 0 fully saturated rings. The third kappa shape index (κ3) is 3.25. The van der Waals surface area contributed by atoms with E-state index in [2.05, 4.69) is 15.3 Å². The molecular weight excluding hydrogens is 345 g/mol.